The smallest absolute Gasteiger partial charge is 0.121 e. The van der Waals surface area contributed by atoms with Gasteiger partial charge in [-0.25, -0.2) is 0 Å². The number of fused-ring (bicyclic) bond motifs is 1. The molecule has 0 radical (unpaired) electrons. The molecule has 1 unspecified atom stereocenters. The van der Waals surface area contributed by atoms with E-state index in [1.54, 1.807) is 13.3 Å². The minimum absolute atomic E-state index is 0.154. The number of hydrogen-bond acceptors (Lipinski definition) is 3. The molecule has 2 aromatic carbocycles. The van der Waals surface area contributed by atoms with Crippen LogP contribution in [0.3, 0.4) is 0 Å². The first-order chi connectivity index (χ1) is 10.2. The Balaban J connectivity index is 1.99. The summed E-state index contributed by atoms with van der Waals surface area (Å²) in [5, 5.41) is 1.11. The fourth-order valence-corrected chi connectivity index (χ4v) is 2.58. The molecule has 0 aliphatic carbocycles. The Kier molecular flexibility index (Phi) is 3.59. The number of methoxy groups -OCH3 is 1. The average Bonchev–Trinajstić information content (AvgIpc) is 2.53. The Bertz CT molecular complexity index is 783. The molecule has 21 heavy (non-hydrogen) atoms. The maximum atomic E-state index is 6.41. The highest BCUT2D eigenvalue weighted by Crippen LogP contribution is 2.26. The van der Waals surface area contributed by atoms with Crippen LogP contribution in [-0.4, -0.2) is 12.1 Å². The minimum Gasteiger partial charge on any atom is -0.496 e. The van der Waals surface area contributed by atoms with Gasteiger partial charge in [0.05, 0.1) is 18.7 Å². The minimum atomic E-state index is -0.154. The van der Waals surface area contributed by atoms with Crippen molar-refractivity contribution in [2.24, 2.45) is 5.73 Å². The van der Waals surface area contributed by atoms with E-state index >= 15 is 0 Å². The summed E-state index contributed by atoms with van der Waals surface area (Å²) in [6, 6.07) is 16.1. The Morgan fingerprint density at radius 2 is 1.81 bits per heavy atom. The van der Waals surface area contributed by atoms with E-state index in [4.69, 9.17) is 10.5 Å². The molecule has 0 saturated carbocycles. The molecule has 0 saturated heterocycles. The quantitative estimate of drug-likeness (QED) is 0.796. The summed E-state index contributed by atoms with van der Waals surface area (Å²) < 4.78 is 5.29. The lowest BCUT2D eigenvalue weighted by Gasteiger charge is -2.15. The van der Waals surface area contributed by atoms with Gasteiger partial charge >= 0.3 is 0 Å². The van der Waals surface area contributed by atoms with Crippen molar-refractivity contribution in [2.45, 2.75) is 13.0 Å². The summed E-state index contributed by atoms with van der Waals surface area (Å²) in [5.74, 6) is 0.883. The van der Waals surface area contributed by atoms with Crippen molar-refractivity contribution in [3.63, 3.8) is 0 Å². The van der Waals surface area contributed by atoms with Crippen molar-refractivity contribution in [3.8, 4) is 5.75 Å². The molecule has 2 N–H and O–H groups in total. The van der Waals surface area contributed by atoms with Crippen molar-refractivity contribution in [1.82, 2.24) is 4.98 Å². The van der Waals surface area contributed by atoms with Gasteiger partial charge in [-0.05, 0) is 47.9 Å². The summed E-state index contributed by atoms with van der Waals surface area (Å²) in [6.07, 6.45) is 1.80. The van der Waals surface area contributed by atoms with E-state index in [2.05, 4.69) is 23.2 Å². The van der Waals surface area contributed by atoms with E-state index in [9.17, 15) is 0 Å². The second-order valence-electron chi connectivity index (χ2n) is 5.16. The number of rotatable bonds is 3. The van der Waals surface area contributed by atoms with Crippen molar-refractivity contribution in [3.05, 3.63) is 71.4 Å². The Morgan fingerprint density at radius 1 is 1.05 bits per heavy atom. The molecule has 1 heterocycles. The molecule has 106 valence electrons. The zero-order valence-electron chi connectivity index (χ0n) is 12.2. The lowest BCUT2D eigenvalue weighted by atomic mass is 9.96. The molecule has 3 rings (SSSR count). The molecule has 0 aliphatic heterocycles. The SMILES string of the molecule is COc1ccc(C(N)c2ccc3ncccc3c2)cc1C. The van der Waals surface area contributed by atoms with Crippen LogP contribution in [0.15, 0.2) is 54.7 Å². The first-order valence-corrected chi connectivity index (χ1v) is 6.94. The molecule has 0 spiro atoms. The van der Waals surface area contributed by atoms with Gasteiger partial charge in [0, 0.05) is 11.6 Å². The van der Waals surface area contributed by atoms with E-state index in [1.165, 1.54) is 0 Å². The number of aromatic nitrogens is 1. The highest BCUT2D eigenvalue weighted by Gasteiger charge is 2.11. The maximum absolute atomic E-state index is 6.41. The summed E-state index contributed by atoms with van der Waals surface area (Å²) in [7, 11) is 1.68. The zero-order chi connectivity index (χ0) is 14.8. The largest absolute Gasteiger partial charge is 0.496 e. The summed E-state index contributed by atoms with van der Waals surface area (Å²) in [4.78, 5) is 4.33. The van der Waals surface area contributed by atoms with Crippen molar-refractivity contribution < 1.29 is 4.74 Å². The van der Waals surface area contributed by atoms with Gasteiger partial charge < -0.3 is 10.5 Å². The van der Waals surface area contributed by atoms with E-state index in [1.807, 2.05) is 37.3 Å². The van der Waals surface area contributed by atoms with Crippen LogP contribution < -0.4 is 10.5 Å². The predicted octanol–water partition coefficient (Wildman–Crippen LogP) is 3.60. The Hall–Kier alpha value is -2.39. The molecule has 3 nitrogen and oxygen atoms in total. The van der Waals surface area contributed by atoms with Crippen LogP contribution in [0.1, 0.15) is 22.7 Å². The van der Waals surface area contributed by atoms with Crippen LogP contribution in [0.2, 0.25) is 0 Å². The first kappa shape index (κ1) is 13.6. The fourth-order valence-electron chi connectivity index (χ4n) is 2.58. The van der Waals surface area contributed by atoms with Crippen molar-refractivity contribution >= 4 is 10.9 Å². The highest BCUT2D eigenvalue weighted by molar-refractivity contribution is 5.79. The molecular formula is C18H18N2O. The first-order valence-electron chi connectivity index (χ1n) is 6.94. The lowest BCUT2D eigenvalue weighted by Crippen LogP contribution is -2.12. The van der Waals surface area contributed by atoms with Crippen LogP contribution >= 0.6 is 0 Å². The van der Waals surface area contributed by atoms with Crippen LogP contribution in [0.4, 0.5) is 0 Å². The summed E-state index contributed by atoms with van der Waals surface area (Å²) in [5.41, 5.74) is 10.6. The van der Waals surface area contributed by atoms with E-state index in [-0.39, 0.29) is 6.04 Å². The predicted molar refractivity (Wildman–Crippen MR) is 85.5 cm³/mol. The van der Waals surface area contributed by atoms with E-state index in [0.29, 0.717) is 0 Å². The van der Waals surface area contributed by atoms with Gasteiger partial charge in [0.1, 0.15) is 5.75 Å². The van der Waals surface area contributed by atoms with E-state index in [0.717, 1.165) is 33.3 Å². The Labute approximate surface area is 124 Å². The number of ether oxygens (including phenoxy) is 1. The second-order valence-corrected chi connectivity index (χ2v) is 5.16. The van der Waals surface area contributed by atoms with Gasteiger partial charge in [-0.2, -0.15) is 0 Å². The average molecular weight is 278 g/mol. The molecule has 1 aromatic heterocycles. The molecule has 3 heteroatoms. The second kappa shape index (κ2) is 5.54. The summed E-state index contributed by atoms with van der Waals surface area (Å²) in [6.45, 7) is 2.03. The summed E-state index contributed by atoms with van der Waals surface area (Å²) >= 11 is 0. The molecule has 0 aliphatic rings. The number of hydrogen-bond donors (Lipinski definition) is 1. The monoisotopic (exact) mass is 278 g/mol. The van der Waals surface area contributed by atoms with Gasteiger partial charge in [-0.1, -0.05) is 24.3 Å². The number of nitrogens with two attached hydrogens (primary N) is 1. The zero-order valence-corrected chi connectivity index (χ0v) is 12.2. The topological polar surface area (TPSA) is 48.1 Å². The van der Waals surface area contributed by atoms with Crippen LogP contribution in [0.5, 0.6) is 5.75 Å². The highest BCUT2D eigenvalue weighted by atomic mass is 16.5. The van der Waals surface area contributed by atoms with Crippen LogP contribution in [0, 0.1) is 6.92 Å². The molecule has 1 atom stereocenters. The van der Waals surface area contributed by atoms with Crippen molar-refractivity contribution in [2.75, 3.05) is 7.11 Å². The molecular weight excluding hydrogens is 260 g/mol. The third-order valence-corrected chi connectivity index (χ3v) is 3.76. The van der Waals surface area contributed by atoms with Gasteiger partial charge in [-0.3, -0.25) is 4.98 Å². The molecule has 0 fully saturated rings. The Morgan fingerprint density at radius 3 is 2.57 bits per heavy atom. The van der Waals surface area contributed by atoms with Gasteiger partial charge in [-0.15, -0.1) is 0 Å². The third-order valence-electron chi connectivity index (χ3n) is 3.76. The standard InChI is InChI=1S/C18H18N2O/c1-12-10-14(6-8-17(12)21-2)18(19)15-5-7-16-13(11-15)4-3-9-20-16/h3-11,18H,19H2,1-2H3. The molecule has 0 amide bonds. The van der Waals surface area contributed by atoms with Crippen molar-refractivity contribution in [1.29, 1.82) is 0 Å². The molecule has 3 aromatic rings. The normalized spacial score (nSPS) is 12.3. The fraction of sp³-hybridized carbons (Fsp3) is 0.167. The maximum Gasteiger partial charge on any atom is 0.121 e. The third kappa shape index (κ3) is 2.60. The lowest BCUT2D eigenvalue weighted by molar-refractivity contribution is 0.411. The number of aryl methyl sites for hydroxylation is 1. The number of nitrogens with zero attached hydrogens (tertiary/aromatic N) is 1. The van der Waals surface area contributed by atoms with E-state index < -0.39 is 0 Å². The molecule has 0 bridgehead atoms. The van der Waals surface area contributed by atoms with Gasteiger partial charge in [0.15, 0.2) is 0 Å². The number of pyridine rings is 1. The van der Waals surface area contributed by atoms with Crippen LogP contribution in [0.25, 0.3) is 10.9 Å². The van der Waals surface area contributed by atoms with Crippen LogP contribution in [-0.2, 0) is 0 Å². The van der Waals surface area contributed by atoms with Gasteiger partial charge in [0.25, 0.3) is 0 Å². The van der Waals surface area contributed by atoms with Gasteiger partial charge in [0.2, 0.25) is 0 Å². The number of benzene rings is 2.